The molecule has 0 saturated carbocycles. The van der Waals surface area contributed by atoms with E-state index >= 15 is 0 Å². The van der Waals surface area contributed by atoms with Crippen LogP contribution in [0.4, 0.5) is 0 Å². The molecule has 186 valence electrons. The van der Waals surface area contributed by atoms with Gasteiger partial charge in [0.15, 0.2) is 0 Å². The number of allylic oxidation sites excluding steroid dienone is 20. The zero-order valence-corrected chi connectivity index (χ0v) is 21.9. The molecule has 0 aromatic carbocycles. The van der Waals surface area contributed by atoms with E-state index < -0.39 is 5.97 Å². The lowest BCUT2D eigenvalue weighted by Crippen LogP contribution is -2.00. The summed E-state index contributed by atoms with van der Waals surface area (Å²) in [5.74, 6) is -1.24. The smallest absolute Gasteiger partial charge is 0.333 e. The summed E-state index contributed by atoms with van der Waals surface area (Å²) in [6.07, 6.45) is 30.7. The van der Waals surface area contributed by atoms with Crippen molar-refractivity contribution in [3.63, 3.8) is 0 Å². The van der Waals surface area contributed by atoms with Crippen LogP contribution >= 0.6 is 0 Å². The molecule has 0 unspecified atom stereocenters. The number of carboxylic acids is 1. The second-order valence-electron chi connectivity index (χ2n) is 7.96. The molecule has 0 aliphatic carbocycles. The van der Waals surface area contributed by atoms with Crippen molar-refractivity contribution in [2.75, 3.05) is 7.11 Å². The van der Waals surface area contributed by atoms with Crippen LogP contribution in [0.3, 0.4) is 0 Å². The summed E-state index contributed by atoms with van der Waals surface area (Å²) in [5, 5.41) is 8.82. The van der Waals surface area contributed by atoms with Gasteiger partial charge in [-0.05, 0) is 41.5 Å². The van der Waals surface area contributed by atoms with Crippen molar-refractivity contribution in [1.29, 1.82) is 0 Å². The largest absolute Gasteiger partial charge is 0.478 e. The van der Waals surface area contributed by atoms with Crippen LogP contribution in [0.2, 0.25) is 0 Å². The molecule has 0 amide bonds. The van der Waals surface area contributed by atoms with E-state index in [1.807, 2.05) is 107 Å². The average Bonchev–Trinajstić information content (AvgIpc) is 2.81. The Hall–Kier alpha value is -3.92. The molecule has 0 atom stereocenters. The first kappa shape index (κ1) is 31.1. The van der Waals surface area contributed by atoms with Crippen molar-refractivity contribution >= 4 is 11.9 Å². The Labute approximate surface area is 210 Å². The number of aliphatic carboxylic acids is 1. The summed E-state index contributed by atoms with van der Waals surface area (Å²) < 4.78 is 4.66. The predicted molar refractivity (Wildman–Crippen MR) is 148 cm³/mol. The van der Waals surface area contributed by atoms with Crippen LogP contribution in [0.5, 0.6) is 0 Å². The monoisotopic (exact) mass is 474 g/mol. The fraction of sp³-hybridized carbons (Fsp3) is 0.226. The molecule has 0 aliphatic heterocycles. The highest BCUT2D eigenvalue weighted by Crippen LogP contribution is 2.04. The molecule has 0 radical (unpaired) electrons. The third kappa shape index (κ3) is 17.3. The molecule has 0 fully saturated rings. The van der Waals surface area contributed by atoms with Gasteiger partial charge in [0.05, 0.1) is 7.11 Å². The van der Waals surface area contributed by atoms with Gasteiger partial charge in [0.25, 0.3) is 0 Å². The summed E-state index contributed by atoms with van der Waals surface area (Å²) in [6.45, 7) is 11.3. The van der Waals surface area contributed by atoms with Crippen molar-refractivity contribution in [3.8, 4) is 0 Å². The molecule has 0 heterocycles. The summed E-state index contributed by atoms with van der Waals surface area (Å²) in [4.78, 5) is 22.1. The third-order valence-electron chi connectivity index (χ3n) is 4.52. The van der Waals surface area contributed by atoms with E-state index in [-0.39, 0.29) is 5.97 Å². The minimum absolute atomic E-state index is 0.301. The number of methoxy groups -OCH3 is 1. The highest BCUT2D eigenvalue weighted by atomic mass is 16.5. The Bertz CT molecular complexity index is 1060. The number of hydrogen-bond donors (Lipinski definition) is 1. The van der Waals surface area contributed by atoms with Gasteiger partial charge < -0.3 is 9.84 Å². The van der Waals surface area contributed by atoms with Gasteiger partial charge in [-0.2, -0.15) is 0 Å². The van der Waals surface area contributed by atoms with E-state index in [0.717, 1.165) is 22.3 Å². The number of hydrogen-bond acceptors (Lipinski definition) is 3. The van der Waals surface area contributed by atoms with E-state index in [1.54, 1.807) is 32.1 Å². The van der Waals surface area contributed by atoms with Crippen molar-refractivity contribution in [2.45, 2.75) is 41.5 Å². The van der Waals surface area contributed by atoms with Crippen LogP contribution in [0.25, 0.3) is 0 Å². The Kier molecular flexibility index (Phi) is 16.4. The van der Waals surface area contributed by atoms with Gasteiger partial charge in [-0.15, -0.1) is 0 Å². The lowest BCUT2D eigenvalue weighted by atomic mass is 10.2. The fourth-order valence-corrected chi connectivity index (χ4v) is 2.33. The first-order valence-corrected chi connectivity index (χ1v) is 11.3. The molecular weight excluding hydrogens is 436 g/mol. The highest BCUT2D eigenvalue weighted by molar-refractivity contribution is 5.88. The minimum Gasteiger partial charge on any atom is -0.478 e. The minimum atomic E-state index is -0.913. The van der Waals surface area contributed by atoms with Crippen molar-refractivity contribution in [2.24, 2.45) is 0 Å². The topological polar surface area (TPSA) is 63.6 Å². The maximum Gasteiger partial charge on any atom is 0.333 e. The number of ether oxygens (including phenoxy) is 1. The molecule has 0 bridgehead atoms. The normalized spacial score (nSPS) is 15.5. The van der Waals surface area contributed by atoms with E-state index in [9.17, 15) is 9.59 Å². The van der Waals surface area contributed by atoms with Crippen molar-refractivity contribution in [1.82, 2.24) is 0 Å². The van der Waals surface area contributed by atoms with Crippen LogP contribution in [-0.4, -0.2) is 24.2 Å². The van der Waals surface area contributed by atoms with Crippen molar-refractivity contribution < 1.29 is 19.4 Å². The summed E-state index contributed by atoms with van der Waals surface area (Å²) in [7, 11) is 1.37. The van der Waals surface area contributed by atoms with E-state index in [2.05, 4.69) is 4.74 Å². The summed E-state index contributed by atoms with van der Waals surface area (Å²) >= 11 is 0. The first-order valence-electron chi connectivity index (χ1n) is 11.3. The van der Waals surface area contributed by atoms with Gasteiger partial charge in [0, 0.05) is 11.1 Å². The number of carboxylic acid groups (broad SMARTS) is 1. The maximum absolute atomic E-state index is 11.3. The SMILES string of the molecule is COC(=O)C(C)=CC=CC(C)=CC=CC(C)=CC=CC=C(C)C=CC=C(C)C=CC=C(C)C(=O)O. The quantitative estimate of drug-likeness (QED) is 0.179. The Morgan fingerprint density at radius 1 is 0.514 bits per heavy atom. The van der Waals surface area contributed by atoms with Crippen LogP contribution in [0, 0.1) is 0 Å². The van der Waals surface area contributed by atoms with Gasteiger partial charge in [0.1, 0.15) is 0 Å². The Morgan fingerprint density at radius 3 is 1.17 bits per heavy atom. The molecular formula is C31H38O4. The standard InChI is InChI=1S/C31H38O4/c1-24(16-10-18-26(3)20-12-22-28(5)30(32)33)14-8-9-15-25(2)17-11-19-27(4)21-13-23-29(6)31(34)35-7/h8-23H,1-7H3,(H,32,33). The number of rotatable bonds is 12. The first-order chi connectivity index (χ1) is 16.6. The second kappa shape index (κ2) is 18.5. The van der Waals surface area contributed by atoms with Crippen LogP contribution in [0.15, 0.2) is 131 Å². The molecule has 4 heteroatoms. The van der Waals surface area contributed by atoms with E-state index in [4.69, 9.17) is 5.11 Å². The number of esters is 1. The average molecular weight is 475 g/mol. The molecule has 35 heavy (non-hydrogen) atoms. The Morgan fingerprint density at radius 2 is 0.829 bits per heavy atom. The Balaban J connectivity index is 4.79. The highest BCUT2D eigenvalue weighted by Gasteiger charge is 1.99. The number of carbonyl (C=O) groups is 2. The van der Waals surface area contributed by atoms with Gasteiger partial charge in [-0.3, -0.25) is 0 Å². The summed E-state index contributed by atoms with van der Waals surface area (Å²) in [6, 6.07) is 0. The molecule has 0 aromatic rings. The molecule has 4 nitrogen and oxygen atoms in total. The second-order valence-corrected chi connectivity index (χ2v) is 7.96. The van der Waals surface area contributed by atoms with Crippen LogP contribution in [0.1, 0.15) is 41.5 Å². The van der Waals surface area contributed by atoms with Gasteiger partial charge in [-0.25, -0.2) is 9.59 Å². The van der Waals surface area contributed by atoms with Crippen LogP contribution < -0.4 is 0 Å². The zero-order chi connectivity index (χ0) is 26.6. The maximum atomic E-state index is 11.3. The van der Waals surface area contributed by atoms with Crippen LogP contribution in [-0.2, 0) is 14.3 Å². The van der Waals surface area contributed by atoms with E-state index in [0.29, 0.717) is 11.1 Å². The van der Waals surface area contributed by atoms with Gasteiger partial charge >= 0.3 is 11.9 Å². The molecule has 0 spiro atoms. The molecule has 0 rings (SSSR count). The van der Waals surface area contributed by atoms with Gasteiger partial charge in [-0.1, -0.05) is 120 Å². The lowest BCUT2D eigenvalue weighted by molar-refractivity contribution is -0.136. The predicted octanol–water partition coefficient (Wildman–Crippen LogP) is 7.70. The lowest BCUT2D eigenvalue weighted by Gasteiger charge is -1.95. The fourth-order valence-electron chi connectivity index (χ4n) is 2.33. The molecule has 0 aliphatic rings. The van der Waals surface area contributed by atoms with Gasteiger partial charge in [0.2, 0.25) is 0 Å². The zero-order valence-electron chi connectivity index (χ0n) is 21.9. The molecule has 0 saturated heterocycles. The number of carbonyl (C=O) groups excluding carboxylic acids is 1. The molecule has 0 aromatic heterocycles. The molecule has 1 N–H and O–H groups in total. The third-order valence-corrected chi connectivity index (χ3v) is 4.52. The summed E-state index contributed by atoms with van der Waals surface area (Å²) in [5.41, 5.74) is 5.18. The van der Waals surface area contributed by atoms with Crippen molar-refractivity contribution in [3.05, 3.63) is 131 Å². The van der Waals surface area contributed by atoms with E-state index in [1.165, 1.54) is 7.11 Å².